The van der Waals surface area contributed by atoms with Gasteiger partial charge in [-0.25, -0.2) is 9.97 Å². The molecule has 0 saturated heterocycles. The third kappa shape index (κ3) is 7.19. The van der Waals surface area contributed by atoms with Crippen molar-refractivity contribution in [2.45, 2.75) is 68.4 Å². The Bertz CT molecular complexity index is 840. The molecular formula is C22H34N6O3S. The minimum atomic E-state index is -0.576. The molecule has 0 aromatic carbocycles. The molecule has 4 rings (SSSR count). The minimum Gasteiger partial charge on any atom is -0.394 e. The summed E-state index contributed by atoms with van der Waals surface area (Å²) in [6.07, 6.45) is 7.81. The summed E-state index contributed by atoms with van der Waals surface area (Å²) in [6, 6.07) is 4.15. The van der Waals surface area contributed by atoms with Crippen molar-refractivity contribution in [2.24, 2.45) is 0 Å². The molecule has 32 heavy (non-hydrogen) atoms. The molecular weight excluding hydrogens is 428 g/mol. The topological polar surface area (TPSA) is 152 Å². The number of nitrogens with two attached hydrogens (primary N) is 2. The lowest BCUT2D eigenvalue weighted by atomic mass is 10.2. The number of rotatable bonds is 9. The summed E-state index contributed by atoms with van der Waals surface area (Å²) in [5.41, 5.74) is 13.5. The van der Waals surface area contributed by atoms with Crippen molar-refractivity contribution >= 4 is 29.1 Å². The molecule has 7 N–H and O–H groups in total. The molecule has 0 amide bonds. The molecule has 2 saturated carbocycles. The highest BCUT2D eigenvalue weighted by Gasteiger charge is 2.34. The predicted octanol–water partition coefficient (Wildman–Crippen LogP) is 2.41. The number of nitrogen functional groups attached to an aromatic ring is 2. The molecule has 2 heterocycles. The van der Waals surface area contributed by atoms with E-state index in [1.807, 2.05) is 18.5 Å². The van der Waals surface area contributed by atoms with Crippen molar-refractivity contribution in [3.8, 4) is 0 Å². The van der Waals surface area contributed by atoms with Gasteiger partial charge in [0.05, 0.1) is 25.4 Å². The van der Waals surface area contributed by atoms with Crippen molar-refractivity contribution in [3.05, 3.63) is 30.1 Å². The number of aliphatic hydroxyl groups is 2. The molecule has 0 aliphatic heterocycles. The third-order valence-corrected chi connectivity index (χ3v) is 6.41. The highest BCUT2D eigenvalue weighted by Crippen LogP contribution is 2.39. The zero-order chi connectivity index (χ0) is 22.9. The lowest BCUT2D eigenvalue weighted by molar-refractivity contribution is -0.0302. The molecule has 2 aliphatic carbocycles. The van der Waals surface area contributed by atoms with E-state index in [0.717, 1.165) is 18.1 Å². The molecule has 3 atom stereocenters. The number of thioether (sulfide) groups is 1. The van der Waals surface area contributed by atoms with Crippen LogP contribution < -0.4 is 16.8 Å². The molecule has 0 spiro atoms. The van der Waals surface area contributed by atoms with Gasteiger partial charge in [0.1, 0.15) is 5.69 Å². The average molecular weight is 463 g/mol. The molecule has 0 bridgehead atoms. The van der Waals surface area contributed by atoms with E-state index in [2.05, 4.69) is 33.3 Å². The Morgan fingerprint density at radius 1 is 1.25 bits per heavy atom. The van der Waals surface area contributed by atoms with Crippen LogP contribution in [-0.2, 0) is 4.74 Å². The van der Waals surface area contributed by atoms with Crippen molar-refractivity contribution in [3.63, 3.8) is 0 Å². The monoisotopic (exact) mass is 462 g/mol. The first-order valence-corrected chi connectivity index (χ1v) is 12.1. The van der Waals surface area contributed by atoms with Crippen molar-refractivity contribution in [1.82, 2.24) is 15.0 Å². The van der Waals surface area contributed by atoms with Crippen LogP contribution in [0, 0.1) is 0 Å². The lowest BCUT2D eigenvalue weighted by Crippen LogP contribution is -2.24. The number of nitrogens with zero attached hydrogens (tertiary/aromatic N) is 3. The van der Waals surface area contributed by atoms with Crippen molar-refractivity contribution < 1.29 is 14.9 Å². The molecule has 2 aromatic heterocycles. The Balaban J connectivity index is 0.000000264. The number of ether oxygens (including phenoxy) is 1. The van der Waals surface area contributed by atoms with Crippen LogP contribution in [0.4, 0.5) is 17.3 Å². The zero-order valence-corrected chi connectivity index (χ0v) is 19.3. The number of aliphatic hydroxyl groups excluding tert-OH is 2. The fourth-order valence-electron chi connectivity index (χ4n) is 3.54. The van der Waals surface area contributed by atoms with Gasteiger partial charge in [0, 0.05) is 24.2 Å². The Morgan fingerprint density at radius 2 is 2.06 bits per heavy atom. The minimum absolute atomic E-state index is 0.0192. The molecule has 2 aliphatic rings. The van der Waals surface area contributed by atoms with Gasteiger partial charge in [-0.2, -0.15) is 0 Å². The lowest BCUT2D eigenvalue weighted by Gasteiger charge is -2.16. The normalized spacial score (nSPS) is 22.3. The third-order valence-electron chi connectivity index (χ3n) is 5.36. The first-order valence-electron chi connectivity index (χ1n) is 11.1. The SMILES string of the molecule is CCCSc1nc(N)c(N)c(NC2CC(OCCO)[C@@H](O)C2)n1.c1cncc(C2CC2)c1. The number of nitrogens with one attached hydrogen (secondary N) is 1. The van der Waals surface area contributed by atoms with E-state index < -0.39 is 6.10 Å². The number of pyridine rings is 1. The van der Waals surface area contributed by atoms with E-state index in [0.29, 0.717) is 29.5 Å². The van der Waals surface area contributed by atoms with Crippen molar-refractivity contribution in [2.75, 3.05) is 35.8 Å². The molecule has 2 fully saturated rings. The second-order valence-corrected chi connectivity index (χ2v) is 9.14. The van der Waals surface area contributed by atoms with Gasteiger partial charge in [0.2, 0.25) is 0 Å². The van der Waals surface area contributed by atoms with Crippen LogP contribution in [0.1, 0.15) is 50.5 Å². The van der Waals surface area contributed by atoms with Crippen LogP contribution in [0.2, 0.25) is 0 Å². The van der Waals surface area contributed by atoms with Gasteiger partial charge in [-0.15, -0.1) is 0 Å². The Morgan fingerprint density at radius 3 is 2.72 bits per heavy atom. The van der Waals surface area contributed by atoms with Gasteiger partial charge in [0.15, 0.2) is 16.8 Å². The van der Waals surface area contributed by atoms with Gasteiger partial charge in [0.25, 0.3) is 0 Å². The summed E-state index contributed by atoms with van der Waals surface area (Å²) in [4.78, 5) is 12.6. The molecule has 10 heteroatoms. The molecule has 2 unspecified atom stereocenters. The highest BCUT2D eigenvalue weighted by atomic mass is 32.2. The summed E-state index contributed by atoms with van der Waals surface area (Å²) < 4.78 is 5.43. The fourth-order valence-corrected chi connectivity index (χ4v) is 4.24. The van der Waals surface area contributed by atoms with Gasteiger partial charge in [-0.1, -0.05) is 24.8 Å². The van der Waals surface area contributed by atoms with E-state index in [9.17, 15) is 5.11 Å². The zero-order valence-electron chi connectivity index (χ0n) is 18.5. The molecule has 0 radical (unpaired) electrons. The Labute approximate surface area is 193 Å². The van der Waals surface area contributed by atoms with Crippen LogP contribution in [-0.4, -0.2) is 62.4 Å². The second kappa shape index (κ2) is 12.2. The van der Waals surface area contributed by atoms with E-state index in [1.165, 1.54) is 30.2 Å². The number of hydrogen-bond donors (Lipinski definition) is 5. The van der Waals surface area contributed by atoms with E-state index in [1.54, 1.807) is 0 Å². The standard InChI is InChI=1S/C14H25N5O3S.C8H9N/c1-2-5-23-14-18-12(16)11(15)13(19-14)17-8-6-9(21)10(7-8)22-4-3-20;1-2-8(6-9-5-1)7-3-4-7/h8-10,20-21H,2-7,15H2,1H3,(H3,16,17,18,19);1-2,5-7H,3-4H2/t8?,9-,10?;/m0./s1. The number of hydrogen-bond acceptors (Lipinski definition) is 10. The van der Waals surface area contributed by atoms with E-state index >= 15 is 0 Å². The summed E-state index contributed by atoms with van der Waals surface area (Å²) in [5.74, 6) is 2.50. The maximum atomic E-state index is 10.0. The maximum absolute atomic E-state index is 10.0. The summed E-state index contributed by atoms with van der Waals surface area (Å²) in [6.45, 7) is 2.24. The molecule has 9 nitrogen and oxygen atoms in total. The molecule has 176 valence electrons. The predicted molar refractivity (Wildman–Crippen MR) is 128 cm³/mol. The number of anilines is 3. The Hall–Kier alpha value is -2.14. The summed E-state index contributed by atoms with van der Waals surface area (Å²) in [7, 11) is 0. The average Bonchev–Trinajstić information content (AvgIpc) is 3.59. The largest absolute Gasteiger partial charge is 0.394 e. The summed E-state index contributed by atoms with van der Waals surface area (Å²) in [5, 5.41) is 22.7. The fraction of sp³-hybridized carbons (Fsp3) is 0.591. The second-order valence-electron chi connectivity index (χ2n) is 8.08. The highest BCUT2D eigenvalue weighted by molar-refractivity contribution is 7.99. The first-order chi connectivity index (χ1) is 15.5. The van der Waals surface area contributed by atoms with Crippen LogP contribution in [0.5, 0.6) is 0 Å². The Kier molecular flexibility index (Phi) is 9.34. The van der Waals surface area contributed by atoms with Gasteiger partial charge < -0.3 is 31.7 Å². The van der Waals surface area contributed by atoms with Crippen LogP contribution >= 0.6 is 11.8 Å². The van der Waals surface area contributed by atoms with Crippen molar-refractivity contribution in [1.29, 1.82) is 0 Å². The van der Waals surface area contributed by atoms with E-state index in [4.69, 9.17) is 21.3 Å². The van der Waals surface area contributed by atoms with Crippen LogP contribution in [0.15, 0.2) is 29.7 Å². The smallest absolute Gasteiger partial charge is 0.191 e. The van der Waals surface area contributed by atoms with Gasteiger partial charge in [-0.05, 0) is 49.7 Å². The number of aromatic nitrogens is 3. The van der Waals surface area contributed by atoms with Gasteiger partial charge >= 0.3 is 0 Å². The van der Waals surface area contributed by atoms with Gasteiger partial charge in [-0.3, -0.25) is 4.98 Å². The van der Waals surface area contributed by atoms with E-state index in [-0.39, 0.29) is 31.2 Å². The quantitative estimate of drug-likeness (QED) is 0.277. The van der Waals surface area contributed by atoms with Crippen LogP contribution in [0.25, 0.3) is 0 Å². The maximum Gasteiger partial charge on any atom is 0.191 e. The first kappa shape index (κ1) is 24.5. The summed E-state index contributed by atoms with van der Waals surface area (Å²) >= 11 is 1.53. The molecule has 2 aromatic rings. The van der Waals surface area contributed by atoms with Crippen LogP contribution in [0.3, 0.4) is 0 Å².